The van der Waals surface area contributed by atoms with E-state index in [9.17, 15) is 24.6 Å². The average molecular weight is 1450 g/mol. The molecule has 0 aliphatic rings. The second kappa shape index (κ2) is 46.5. The first-order valence-electron chi connectivity index (χ1n) is 22.9. The molecule has 21 nitrogen and oxygen atoms in total. The number of aromatic hydroxyl groups is 1. The van der Waals surface area contributed by atoms with Gasteiger partial charge in [-0.1, -0.05) is 159 Å². The van der Waals surface area contributed by atoms with Crippen LogP contribution in [0.4, 0.5) is 0 Å². The van der Waals surface area contributed by atoms with Crippen LogP contribution in [-0.4, -0.2) is 78.4 Å². The van der Waals surface area contributed by atoms with Gasteiger partial charge in [0.2, 0.25) is 31.4 Å². The van der Waals surface area contributed by atoms with Gasteiger partial charge in [-0.3, -0.25) is 9.59 Å². The molecule has 3 heterocycles. The summed E-state index contributed by atoms with van der Waals surface area (Å²) in [6.07, 6.45) is 1.33. The van der Waals surface area contributed by atoms with Crippen molar-refractivity contribution in [2.45, 2.75) is 68.0 Å². The number of phenols is 1. The summed E-state index contributed by atoms with van der Waals surface area (Å²) in [5, 5.41) is 52.5. The number of carbonyl (C=O) groups excluding carboxylic acids is 3. The zero-order valence-corrected chi connectivity index (χ0v) is 56.0. The summed E-state index contributed by atoms with van der Waals surface area (Å²) in [6.45, 7) is 3.93. The molecule has 0 saturated heterocycles. The van der Waals surface area contributed by atoms with Crippen molar-refractivity contribution in [3.8, 4) is 51.6 Å². The third-order valence-electron chi connectivity index (χ3n) is 9.87. The largest absolute Gasteiger partial charge is 1.00 e. The predicted molar refractivity (Wildman–Crippen MR) is 331 cm³/mol. The number of alkyl halides is 1. The van der Waals surface area contributed by atoms with Crippen molar-refractivity contribution >= 4 is 110 Å². The van der Waals surface area contributed by atoms with Crippen molar-refractivity contribution in [1.82, 2.24) is 30.6 Å². The van der Waals surface area contributed by atoms with Crippen LogP contribution in [0.5, 0.6) is 17.2 Å². The number of nitrogens with zero attached hydrogens (tertiary/aromatic N) is 6. The Morgan fingerprint density at radius 2 is 0.852 bits per heavy atom. The number of carboxylic acid groups (broad SMARTS) is 1. The minimum absolute atomic E-state index is 0. The van der Waals surface area contributed by atoms with Gasteiger partial charge in [0, 0.05) is 41.3 Å². The molecular formula is C58H61BrCl6K2N6O15. The molecule has 464 valence electrons. The van der Waals surface area contributed by atoms with E-state index < -0.39 is 29.0 Å². The van der Waals surface area contributed by atoms with Crippen molar-refractivity contribution in [3.05, 3.63) is 193 Å². The Labute approximate surface area is 634 Å². The van der Waals surface area contributed by atoms with Crippen LogP contribution in [0, 0.1) is 0 Å². The van der Waals surface area contributed by atoms with Gasteiger partial charge in [0.15, 0.2) is 0 Å². The standard InChI is InChI=1S/C18H14Cl2N2O4.C16H10Cl2N2O4.C10H10BrClO2.C8H5ClN2O2.CH2O3.5CH4.2K.H/c1-2-24-18(23)16(11-3-5-12(19)6-4-11)26-15-8-7-13(20)9-14(15)17-22-21-10-25-17;17-10-3-1-9(2-4-10)14(16(21)22)24-13-6-5-11(18)7-12(13)15-20-19-8-23-15;1-2-14-10(13)9(11)7-3-5-8(12)6-4-7;9-5-1-2-7(12)6(3-5)8-11-10-4-13-8;2-1-4-3;;;;;;;;/h3-10,16H,2H2,1H3;1-8,14H,(H,21,22);3-6,9H,2H2,1H3;1-4,12H;1,3H;5*1H4;;;/q;;;;;;;;;;2*+1;-1/p-1. The van der Waals surface area contributed by atoms with Gasteiger partial charge in [-0.25, -0.2) is 9.59 Å². The Hall–Kier alpha value is -4.53. The van der Waals surface area contributed by atoms with Gasteiger partial charge >= 0.3 is 121 Å². The van der Waals surface area contributed by atoms with Crippen LogP contribution in [0.15, 0.2) is 160 Å². The SMILES string of the molecule is C.C.C.C.C.CCOC(=O)C(Br)c1ccc(Cl)cc1.CCOC(=O)C(Oc1ccc(Cl)cc1-c1nnco1)c1ccc(Cl)cc1.O=C(O)C(Oc1ccc(Cl)cc1-c1nnco1)c1ccc(Cl)cc1.O=CO[O-].Oc1ccc(Cl)cc1-c1nnco1.[H-].[K+].[K+]. The van der Waals surface area contributed by atoms with Gasteiger partial charge in [0.25, 0.3) is 24.1 Å². The number of esters is 2. The van der Waals surface area contributed by atoms with E-state index in [0.29, 0.717) is 70.3 Å². The van der Waals surface area contributed by atoms with E-state index in [0.717, 1.165) is 12.0 Å². The van der Waals surface area contributed by atoms with E-state index in [4.69, 9.17) is 112 Å². The molecule has 3 unspecified atom stereocenters. The molecule has 0 bridgehead atoms. The topological polar surface area (TPSA) is 295 Å². The van der Waals surface area contributed by atoms with Gasteiger partial charge < -0.3 is 54.0 Å². The number of carboxylic acids is 1. The number of halogens is 7. The molecule has 9 rings (SSSR count). The number of benzene rings is 6. The molecule has 0 fully saturated rings. The maximum atomic E-state index is 12.4. The fourth-order valence-corrected chi connectivity index (χ4v) is 7.67. The number of aliphatic carboxylic acids is 1. The second-order valence-electron chi connectivity index (χ2n) is 15.2. The van der Waals surface area contributed by atoms with E-state index in [2.05, 4.69) is 51.4 Å². The number of aromatic nitrogens is 6. The zero-order chi connectivity index (χ0) is 58.8. The normalized spacial score (nSPS) is 10.4. The van der Waals surface area contributed by atoms with Gasteiger partial charge in [0.1, 0.15) is 22.1 Å². The predicted octanol–water partition coefficient (Wildman–Crippen LogP) is 10.1. The van der Waals surface area contributed by atoms with Crippen molar-refractivity contribution in [2.75, 3.05) is 13.2 Å². The molecule has 3 aromatic heterocycles. The van der Waals surface area contributed by atoms with Crippen LogP contribution in [-0.2, 0) is 33.5 Å². The van der Waals surface area contributed by atoms with Crippen molar-refractivity contribution in [1.29, 1.82) is 0 Å². The first kappa shape index (κ1) is 87.7. The summed E-state index contributed by atoms with van der Waals surface area (Å²) >= 11 is 38.5. The number of hydrogen-bond acceptors (Lipinski definition) is 20. The van der Waals surface area contributed by atoms with E-state index in [1.807, 2.05) is 0 Å². The Morgan fingerprint density at radius 3 is 1.20 bits per heavy atom. The molecule has 3 atom stereocenters. The molecule has 0 saturated carbocycles. The van der Waals surface area contributed by atoms with Gasteiger partial charge in [-0.2, -0.15) is 0 Å². The maximum absolute atomic E-state index is 12.4. The van der Waals surface area contributed by atoms with Crippen LogP contribution in [0.2, 0.25) is 30.1 Å². The number of hydrogen-bond donors (Lipinski definition) is 2. The number of ether oxygens (including phenoxy) is 4. The minimum atomic E-state index is -1.23. The molecule has 0 aliphatic carbocycles. The Kier molecular flexibility index (Phi) is 46.4. The molecule has 9 aromatic rings. The van der Waals surface area contributed by atoms with Gasteiger partial charge in [-0.15, -0.1) is 30.6 Å². The van der Waals surface area contributed by atoms with Gasteiger partial charge in [0.05, 0.1) is 29.9 Å². The number of rotatable bonds is 16. The third kappa shape index (κ3) is 28.3. The van der Waals surface area contributed by atoms with Gasteiger partial charge in [-0.05, 0) is 110 Å². The summed E-state index contributed by atoms with van der Waals surface area (Å²) in [4.78, 5) is 46.2. The molecule has 0 amide bonds. The Bertz CT molecular complexity index is 3410. The minimum Gasteiger partial charge on any atom is -1.00 e. The van der Waals surface area contributed by atoms with Crippen molar-refractivity contribution < 1.29 is 176 Å². The van der Waals surface area contributed by atoms with E-state index in [1.165, 1.54) is 18.9 Å². The second-order valence-corrected chi connectivity index (χ2v) is 18.8. The monoisotopic (exact) mass is 1450 g/mol. The quantitative estimate of drug-likeness (QED) is 0.0227. The molecule has 30 heteroatoms. The van der Waals surface area contributed by atoms with Crippen LogP contribution in [0.25, 0.3) is 34.4 Å². The van der Waals surface area contributed by atoms with Crippen LogP contribution in [0.3, 0.4) is 0 Å². The molecule has 6 aromatic carbocycles. The van der Waals surface area contributed by atoms with E-state index in [1.54, 1.807) is 135 Å². The number of phenolic OH excluding ortho intramolecular Hbond substituents is 1. The fraction of sp³-hybridized carbons (Fsp3) is 0.207. The Morgan fingerprint density at radius 1 is 0.534 bits per heavy atom. The summed E-state index contributed by atoms with van der Waals surface area (Å²) < 4.78 is 37.0. The fourth-order valence-electron chi connectivity index (χ4n) is 6.34. The van der Waals surface area contributed by atoms with Crippen molar-refractivity contribution in [3.63, 3.8) is 0 Å². The molecule has 0 radical (unpaired) electrons. The van der Waals surface area contributed by atoms with Crippen LogP contribution < -0.4 is 118 Å². The van der Waals surface area contributed by atoms with Crippen LogP contribution >= 0.6 is 85.5 Å². The molecule has 0 aliphatic heterocycles. The average Bonchev–Trinajstić information content (AvgIpc) is 3.58. The third-order valence-corrected chi connectivity index (χ3v) is 12.2. The van der Waals surface area contributed by atoms with Crippen molar-refractivity contribution in [2.24, 2.45) is 0 Å². The molecular weight excluding hydrogens is 1390 g/mol. The van der Waals surface area contributed by atoms with E-state index >= 15 is 0 Å². The smallest absolute Gasteiger partial charge is 1.00 e. The number of carbonyl (C=O) groups is 4. The first-order chi connectivity index (χ1) is 39.0. The maximum Gasteiger partial charge on any atom is 1.00 e. The molecule has 2 N–H and O–H groups in total. The van der Waals surface area contributed by atoms with Crippen LogP contribution in [0.1, 0.15) is 86.1 Å². The van der Waals surface area contributed by atoms with E-state index in [-0.39, 0.29) is 190 Å². The summed E-state index contributed by atoms with van der Waals surface area (Å²) in [6, 6.07) is 34.4. The summed E-state index contributed by atoms with van der Waals surface area (Å²) in [5.74, 6) is -0.639. The summed E-state index contributed by atoms with van der Waals surface area (Å²) in [5.41, 5.74) is 3.19. The molecule has 0 spiro atoms. The summed E-state index contributed by atoms with van der Waals surface area (Å²) in [7, 11) is 0. The Balaban J connectivity index is -0.000000532. The molecule has 88 heavy (non-hydrogen) atoms. The first-order valence-corrected chi connectivity index (χ1v) is 26.0. The zero-order valence-electron chi connectivity index (χ0n) is 44.6.